The number of pyridine rings is 1. The molecule has 1 aromatic carbocycles. The largest absolute Gasteiger partial charge is 0.433 e. The summed E-state index contributed by atoms with van der Waals surface area (Å²) in [4.78, 5) is 20.9. The first-order valence-corrected chi connectivity index (χ1v) is 11.0. The van der Waals surface area contributed by atoms with Crippen molar-refractivity contribution in [3.8, 4) is 5.75 Å². The number of rotatable bonds is 6. The number of nitrogens with two attached hydrogens (primary N) is 1. The second-order valence-electron chi connectivity index (χ2n) is 7.51. The fourth-order valence-corrected chi connectivity index (χ4v) is 5.20. The zero-order valence-electron chi connectivity index (χ0n) is 17.1. The molecule has 3 unspecified atom stereocenters. The number of hydrogen-bond donors (Lipinski definition) is 2. The number of nitrogens with zero attached hydrogens (tertiary/aromatic N) is 2. The molecule has 1 amide bonds. The summed E-state index contributed by atoms with van der Waals surface area (Å²) in [7, 11) is 0. The standard InChI is InChI=1S/C21H20F4N4O3S/c22-8-17-14-10-33-20(26)29-21(14,5-6-31-17)13-7-11(1-3-15(13)23)28-18(30)16-4-2-12(9-27-16)32-19(24)25/h1-4,7,9,14,17,19H,5-6,8,10H2,(H2,26,29)(H,28,30). The normalized spacial score (nSPS) is 24.7. The van der Waals surface area contributed by atoms with Gasteiger partial charge in [0.15, 0.2) is 5.17 Å². The SMILES string of the molecule is NC1=NC2(c3cc(NC(=O)c4ccc(OC(F)F)cn4)ccc3F)CCOC(CF)C2CS1. The molecule has 1 fully saturated rings. The van der Waals surface area contributed by atoms with Crippen LogP contribution in [0, 0.1) is 11.7 Å². The molecular weight excluding hydrogens is 464 g/mol. The molecule has 1 aromatic heterocycles. The molecule has 1 saturated heterocycles. The number of aromatic nitrogens is 1. The highest BCUT2D eigenvalue weighted by atomic mass is 32.2. The molecule has 2 aliphatic rings. The van der Waals surface area contributed by atoms with Gasteiger partial charge in [-0.2, -0.15) is 8.78 Å². The Bertz CT molecular complexity index is 1060. The van der Waals surface area contributed by atoms with Crippen molar-refractivity contribution in [1.29, 1.82) is 0 Å². The first-order chi connectivity index (χ1) is 15.8. The van der Waals surface area contributed by atoms with Crippen molar-refractivity contribution in [1.82, 2.24) is 4.98 Å². The van der Waals surface area contributed by atoms with Gasteiger partial charge < -0.3 is 20.5 Å². The number of carbonyl (C=O) groups excluding carboxylic acids is 1. The van der Waals surface area contributed by atoms with Crippen molar-refractivity contribution in [2.75, 3.05) is 24.4 Å². The number of fused-ring (bicyclic) bond motifs is 1. The number of amidine groups is 1. The number of anilines is 1. The number of ether oxygens (including phenoxy) is 2. The number of thioether (sulfide) groups is 1. The first-order valence-electron chi connectivity index (χ1n) is 10.0. The van der Waals surface area contributed by atoms with Crippen molar-refractivity contribution in [2.24, 2.45) is 16.6 Å². The van der Waals surface area contributed by atoms with Crippen LogP contribution in [0.15, 0.2) is 41.5 Å². The van der Waals surface area contributed by atoms with Gasteiger partial charge in [-0.15, -0.1) is 0 Å². The maximum absolute atomic E-state index is 15.0. The van der Waals surface area contributed by atoms with Crippen LogP contribution in [-0.2, 0) is 10.3 Å². The van der Waals surface area contributed by atoms with Crippen LogP contribution >= 0.6 is 11.8 Å². The van der Waals surface area contributed by atoms with Gasteiger partial charge in [0.25, 0.3) is 5.91 Å². The van der Waals surface area contributed by atoms with E-state index in [0.717, 1.165) is 6.20 Å². The Labute approximate surface area is 190 Å². The highest BCUT2D eigenvalue weighted by molar-refractivity contribution is 8.13. The summed E-state index contributed by atoms with van der Waals surface area (Å²) in [6, 6.07) is 6.41. The predicted molar refractivity (Wildman–Crippen MR) is 115 cm³/mol. The first kappa shape index (κ1) is 23.3. The van der Waals surface area contributed by atoms with Gasteiger partial charge in [-0.3, -0.25) is 9.79 Å². The zero-order valence-corrected chi connectivity index (χ0v) is 18.0. The van der Waals surface area contributed by atoms with E-state index in [1.807, 2.05) is 0 Å². The summed E-state index contributed by atoms with van der Waals surface area (Å²) in [5.74, 6) is -1.42. The molecule has 0 saturated carbocycles. The number of halogens is 4. The van der Waals surface area contributed by atoms with E-state index in [1.54, 1.807) is 0 Å². The molecule has 0 radical (unpaired) electrons. The van der Waals surface area contributed by atoms with Crippen LogP contribution in [0.2, 0.25) is 0 Å². The minimum absolute atomic E-state index is 0.0570. The lowest BCUT2D eigenvalue weighted by molar-refractivity contribution is -0.0714. The summed E-state index contributed by atoms with van der Waals surface area (Å²) in [5, 5.41) is 2.88. The molecule has 33 heavy (non-hydrogen) atoms. The Morgan fingerprint density at radius 1 is 1.36 bits per heavy atom. The van der Waals surface area contributed by atoms with E-state index in [0.29, 0.717) is 12.2 Å². The summed E-state index contributed by atoms with van der Waals surface area (Å²) in [6.45, 7) is -3.57. The fraction of sp³-hybridized carbons (Fsp3) is 0.381. The van der Waals surface area contributed by atoms with Crippen LogP contribution < -0.4 is 15.8 Å². The average Bonchev–Trinajstić information content (AvgIpc) is 2.79. The topological polar surface area (TPSA) is 98.8 Å². The van der Waals surface area contributed by atoms with Crippen molar-refractivity contribution >= 4 is 28.5 Å². The van der Waals surface area contributed by atoms with Gasteiger partial charge in [0.05, 0.1) is 17.8 Å². The third-order valence-corrected chi connectivity index (χ3v) is 6.55. The molecule has 2 aliphatic heterocycles. The summed E-state index contributed by atoms with van der Waals surface area (Å²) < 4.78 is 63.0. The van der Waals surface area contributed by atoms with Gasteiger partial charge in [-0.25, -0.2) is 13.8 Å². The molecule has 0 bridgehead atoms. The van der Waals surface area contributed by atoms with E-state index in [9.17, 15) is 18.0 Å². The van der Waals surface area contributed by atoms with Crippen LogP contribution in [0.4, 0.5) is 23.2 Å². The third kappa shape index (κ3) is 4.76. The molecule has 12 heteroatoms. The smallest absolute Gasteiger partial charge is 0.387 e. The number of nitrogens with one attached hydrogen (secondary N) is 1. The maximum atomic E-state index is 15.0. The molecular formula is C21H20F4N4O3S. The van der Waals surface area contributed by atoms with Gasteiger partial charge in [0.1, 0.15) is 23.9 Å². The van der Waals surface area contributed by atoms with E-state index >= 15 is 4.39 Å². The second-order valence-corrected chi connectivity index (χ2v) is 8.55. The Morgan fingerprint density at radius 3 is 2.88 bits per heavy atom. The molecule has 4 rings (SSSR count). The van der Waals surface area contributed by atoms with E-state index in [4.69, 9.17) is 10.5 Å². The van der Waals surface area contributed by atoms with Crippen molar-refractivity contribution in [3.63, 3.8) is 0 Å². The lowest BCUT2D eigenvalue weighted by atomic mass is 9.72. The van der Waals surface area contributed by atoms with Crippen molar-refractivity contribution in [3.05, 3.63) is 53.6 Å². The number of hydrogen-bond acceptors (Lipinski definition) is 7. The molecule has 3 heterocycles. The lowest BCUT2D eigenvalue weighted by Crippen LogP contribution is -2.52. The number of alkyl halides is 3. The van der Waals surface area contributed by atoms with E-state index in [1.165, 1.54) is 42.1 Å². The van der Waals surface area contributed by atoms with Crippen LogP contribution in [0.25, 0.3) is 0 Å². The van der Waals surface area contributed by atoms with Crippen LogP contribution in [0.3, 0.4) is 0 Å². The van der Waals surface area contributed by atoms with Gasteiger partial charge in [-0.05, 0) is 30.3 Å². The second kappa shape index (κ2) is 9.56. The van der Waals surface area contributed by atoms with Crippen LogP contribution in [0.1, 0.15) is 22.5 Å². The highest BCUT2D eigenvalue weighted by Gasteiger charge is 2.51. The Hall–Kier alpha value is -2.86. The molecule has 0 spiro atoms. The number of carbonyl (C=O) groups is 1. The molecule has 0 aliphatic carbocycles. The van der Waals surface area contributed by atoms with Crippen molar-refractivity contribution in [2.45, 2.75) is 24.7 Å². The minimum atomic E-state index is -3.01. The summed E-state index contributed by atoms with van der Waals surface area (Å²) in [5.41, 5.74) is 5.22. The summed E-state index contributed by atoms with van der Waals surface area (Å²) >= 11 is 1.26. The molecule has 3 N–H and O–H groups in total. The maximum Gasteiger partial charge on any atom is 0.387 e. The van der Waals surface area contributed by atoms with Gasteiger partial charge in [0.2, 0.25) is 0 Å². The van der Waals surface area contributed by atoms with Crippen molar-refractivity contribution < 1.29 is 31.8 Å². The van der Waals surface area contributed by atoms with Gasteiger partial charge in [-0.1, -0.05) is 11.8 Å². The average molecular weight is 484 g/mol. The van der Waals surface area contributed by atoms with Gasteiger partial charge >= 0.3 is 6.61 Å². The quantitative estimate of drug-likeness (QED) is 0.607. The molecule has 3 atom stereocenters. The predicted octanol–water partition coefficient (Wildman–Crippen LogP) is 3.71. The minimum Gasteiger partial charge on any atom is -0.433 e. The lowest BCUT2D eigenvalue weighted by Gasteiger charge is -2.47. The molecule has 176 valence electrons. The summed E-state index contributed by atoms with van der Waals surface area (Å²) in [6.07, 6.45) is 0.549. The van der Waals surface area contributed by atoms with E-state index in [2.05, 4.69) is 20.0 Å². The molecule has 2 aromatic rings. The Balaban J connectivity index is 1.62. The third-order valence-electron chi connectivity index (χ3n) is 5.63. The molecule has 7 nitrogen and oxygen atoms in total. The number of benzene rings is 1. The Morgan fingerprint density at radius 2 is 2.18 bits per heavy atom. The monoisotopic (exact) mass is 484 g/mol. The van der Waals surface area contributed by atoms with Crippen LogP contribution in [-0.4, -0.2) is 47.8 Å². The van der Waals surface area contributed by atoms with Gasteiger partial charge in [0, 0.05) is 35.9 Å². The number of amides is 1. The Kier molecular flexibility index (Phi) is 6.75. The zero-order chi connectivity index (χ0) is 23.6. The van der Waals surface area contributed by atoms with Crippen LogP contribution in [0.5, 0.6) is 5.75 Å². The van der Waals surface area contributed by atoms with E-state index < -0.39 is 42.6 Å². The number of aliphatic imine (C=N–C) groups is 1. The highest BCUT2D eigenvalue weighted by Crippen LogP contribution is 2.48. The van der Waals surface area contributed by atoms with E-state index in [-0.39, 0.29) is 34.5 Å². The fourth-order valence-electron chi connectivity index (χ4n) is 4.13.